The Morgan fingerprint density at radius 1 is 0.826 bits per heavy atom. The third kappa shape index (κ3) is 2.99. The quantitative estimate of drug-likeness (QED) is 0.564. The van der Waals surface area contributed by atoms with Gasteiger partial charge in [-0.1, -0.05) is 49.6 Å². The number of hydrogen-bond acceptors (Lipinski definition) is 1. The summed E-state index contributed by atoms with van der Waals surface area (Å²) in [5.41, 5.74) is 4.88. The van der Waals surface area contributed by atoms with Crippen LogP contribution in [0.25, 0.3) is 0 Å². The lowest BCUT2D eigenvalue weighted by Crippen LogP contribution is -2.25. The van der Waals surface area contributed by atoms with Crippen LogP contribution in [-0.4, -0.2) is 15.5 Å². The summed E-state index contributed by atoms with van der Waals surface area (Å²) in [6.45, 7) is 10.8. The first-order valence-electron chi connectivity index (χ1n) is 7.96. The van der Waals surface area contributed by atoms with Gasteiger partial charge in [-0.25, -0.2) is 0 Å². The fraction of sp³-hybridized carbons (Fsp3) is 0.350. The first-order chi connectivity index (χ1) is 10.7. The number of para-hydroxylation sites is 2. The maximum absolute atomic E-state index is 4.72. The maximum atomic E-state index is 4.72. The van der Waals surface area contributed by atoms with Crippen LogP contribution in [0.2, 0.25) is 0 Å². The van der Waals surface area contributed by atoms with Gasteiger partial charge in [0.25, 0.3) is 11.4 Å². The van der Waals surface area contributed by atoms with Crippen molar-refractivity contribution in [3.8, 4) is 0 Å². The monoisotopic (exact) mass is 324 g/mol. The van der Waals surface area contributed by atoms with Crippen molar-refractivity contribution in [2.75, 3.05) is 0 Å². The van der Waals surface area contributed by atoms with Crippen LogP contribution in [-0.2, 0) is 5.41 Å². The molecule has 0 atom stereocenters. The highest BCUT2D eigenvalue weighted by Gasteiger charge is 2.41. The van der Waals surface area contributed by atoms with Crippen molar-refractivity contribution >= 4 is 35.7 Å². The molecule has 2 nitrogen and oxygen atoms in total. The number of benzene rings is 2. The zero-order chi connectivity index (χ0) is 16.8. The molecule has 0 aromatic heterocycles. The number of hydrogen-bond donors (Lipinski definition) is 1. The molecule has 1 heterocycles. The van der Waals surface area contributed by atoms with Gasteiger partial charge >= 0.3 is 6.01 Å². The van der Waals surface area contributed by atoms with Gasteiger partial charge in [0.15, 0.2) is 0 Å². The molecule has 0 amide bonds. The number of nitrogens with zero attached hydrogens (tertiary/aromatic N) is 2. The van der Waals surface area contributed by atoms with E-state index in [9.17, 15) is 0 Å². The van der Waals surface area contributed by atoms with Gasteiger partial charge in [0, 0.05) is 38.1 Å². The van der Waals surface area contributed by atoms with Gasteiger partial charge in [0.1, 0.15) is 0 Å². The smallest absolute Gasteiger partial charge is 0.102 e. The lowest BCUT2D eigenvalue weighted by molar-refractivity contribution is -0.482. The van der Waals surface area contributed by atoms with E-state index >= 15 is 0 Å². The predicted octanol–water partition coefficient (Wildman–Crippen LogP) is 5.32. The largest absolute Gasteiger partial charge is 0.497 e. The molecule has 1 aliphatic heterocycles. The average molecular weight is 324 g/mol. The van der Waals surface area contributed by atoms with Gasteiger partial charge < -0.3 is 0 Å². The molecule has 2 aromatic carbocycles. The van der Waals surface area contributed by atoms with Crippen molar-refractivity contribution in [1.29, 1.82) is 0 Å². The number of fused-ring (bicyclic) bond motifs is 1. The summed E-state index contributed by atoms with van der Waals surface area (Å²) >= 11 is 4.72. The molecule has 0 spiro atoms. The predicted molar refractivity (Wildman–Crippen MR) is 101 cm³/mol. The Kier molecular flexibility index (Phi) is 3.74. The first-order valence-corrected chi connectivity index (χ1v) is 8.41. The van der Waals surface area contributed by atoms with Gasteiger partial charge in [-0.2, -0.15) is 0 Å². The van der Waals surface area contributed by atoms with E-state index in [4.69, 9.17) is 12.6 Å². The zero-order valence-corrected chi connectivity index (χ0v) is 15.4. The van der Waals surface area contributed by atoms with Gasteiger partial charge in [0.2, 0.25) is 10.6 Å². The third-order valence-electron chi connectivity index (χ3n) is 4.10. The molecular weight excluding hydrogens is 300 g/mol. The molecule has 1 aliphatic rings. The summed E-state index contributed by atoms with van der Waals surface area (Å²) in [6.07, 6.45) is 0. The van der Waals surface area contributed by atoms with Crippen molar-refractivity contribution < 1.29 is 4.58 Å². The molecule has 0 unspecified atom stereocenters. The second-order valence-corrected chi connectivity index (χ2v) is 8.65. The van der Waals surface area contributed by atoms with Gasteiger partial charge in [-0.05, 0) is 15.6 Å². The highest BCUT2D eigenvalue weighted by atomic mass is 32.1. The highest BCUT2D eigenvalue weighted by Crippen LogP contribution is 2.37. The topological polar surface area (TPSA) is 6.02 Å². The average Bonchev–Trinajstić information content (AvgIpc) is 2.86. The lowest BCUT2D eigenvalue weighted by atomic mass is 9.87. The summed E-state index contributed by atoms with van der Waals surface area (Å²) in [6, 6.07) is 20.6. The van der Waals surface area contributed by atoms with Crippen molar-refractivity contribution in [1.82, 2.24) is 4.58 Å². The van der Waals surface area contributed by atoms with Crippen LogP contribution in [0.15, 0.2) is 48.5 Å². The van der Waals surface area contributed by atoms with Gasteiger partial charge in [-0.15, -0.1) is 12.6 Å². The summed E-state index contributed by atoms with van der Waals surface area (Å²) < 4.78 is 4.20. The van der Waals surface area contributed by atoms with E-state index < -0.39 is 0 Å². The molecule has 0 radical (unpaired) electrons. The minimum atomic E-state index is -0.309. The van der Waals surface area contributed by atoms with Crippen molar-refractivity contribution in [3.05, 3.63) is 54.1 Å². The normalized spacial score (nSPS) is 14.3. The van der Waals surface area contributed by atoms with E-state index in [0.29, 0.717) is 0 Å². The minimum absolute atomic E-state index is 0.161. The molecule has 0 saturated carbocycles. The second-order valence-electron chi connectivity index (χ2n) is 7.55. The van der Waals surface area contributed by atoms with E-state index in [0.717, 1.165) is 17.1 Å². The fourth-order valence-electron chi connectivity index (χ4n) is 2.77. The van der Waals surface area contributed by atoms with E-state index in [1.165, 1.54) is 5.56 Å². The SMILES string of the molecule is CC(C)(C)c1ccc([N+]2=C=[N+](C(C)(C)S)c3ccccc32)cc1. The molecule has 0 aliphatic carbocycles. The molecule has 2 aromatic rings. The lowest BCUT2D eigenvalue weighted by Gasteiger charge is -2.18. The Hall–Kier alpha value is -1.83. The van der Waals surface area contributed by atoms with Crippen LogP contribution in [0.4, 0.5) is 17.1 Å². The van der Waals surface area contributed by atoms with Crippen LogP contribution in [0.3, 0.4) is 0 Å². The van der Waals surface area contributed by atoms with E-state index in [1.54, 1.807) is 0 Å². The third-order valence-corrected chi connectivity index (χ3v) is 4.30. The zero-order valence-electron chi connectivity index (χ0n) is 14.5. The second kappa shape index (κ2) is 5.36. The van der Waals surface area contributed by atoms with Gasteiger partial charge in [0.05, 0.1) is 0 Å². The molecule has 0 bridgehead atoms. The molecule has 118 valence electrons. The van der Waals surface area contributed by atoms with Crippen LogP contribution in [0.5, 0.6) is 0 Å². The van der Waals surface area contributed by atoms with Gasteiger partial charge in [-0.3, -0.25) is 0 Å². The van der Waals surface area contributed by atoms with Crippen molar-refractivity contribution in [3.63, 3.8) is 0 Å². The molecule has 0 N–H and O–H groups in total. The standard InChI is InChI=1S/C20H23N2S/c1-19(2,3)15-10-12-16(13-11-15)21-14-22(20(4,5)23)18-9-7-6-8-17(18)21/h6-13H,1-5H3/q+1/p+1. The molecule has 3 heteroatoms. The van der Waals surface area contributed by atoms with Crippen molar-refractivity contribution in [2.24, 2.45) is 0 Å². The Morgan fingerprint density at radius 3 is 1.91 bits per heavy atom. The Bertz CT molecular complexity index is 812. The molecule has 0 fully saturated rings. The first kappa shape index (κ1) is 16.0. The molecular formula is C20H24N2S+2. The molecule has 3 rings (SSSR count). The molecule has 0 saturated heterocycles. The van der Waals surface area contributed by atoms with Crippen LogP contribution >= 0.6 is 12.6 Å². The highest BCUT2D eigenvalue weighted by molar-refractivity contribution is 7.81. The van der Waals surface area contributed by atoms with E-state index in [1.807, 2.05) is 0 Å². The number of thiol groups is 1. The number of rotatable bonds is 2. The Morgan fingerprint density at radius 2 is 1.39 bits per heavy atom. The maximum Gasteiger partial charge on any atom is 0.497 e. The summed E-state index contributed by atoms with van der Waals surface area (Å²) in [5, 5.41) is 0. The summed E-state index contributed by atoms with van der Waals surface area (Å²) in [4.78, 5) is -0.309. The van der Waals surface area contributed by atoms with Crippen LogP contribution in [0, 0.1) is 0 Å². The molecule has 23 heavy (non-hydrogen) atoms. The van der Waals surface area contributed by atoms with E-state index in [2.05, 4.69) is 98.3 Å². The summed E-state index contributed by atoms with van der Waals surface area (Å²) in [7, 11) is 0. The fourth-order valence-corrected chi connectivity index (χ4v) is 2.93. The van der Waals surface area contributed by atoms with Crippen LogP contribution < -0.4 is 4.58 Å². The Labute approximate surface area is 144 Å². The Balaban J connectivity index is 2.14. The van der Waals surface area contributed by atoms with Crippen LogP contribution in [0.1, 0.15) is 40.2 Å². The minimum Gasteiger partial charge on any atom is -0.102 e. The summed E-state index contributed by atoms with van der Waals surface area (Å²) in [5.74, 6) is 0. The van der Waals surface area contributed by atoms with Crippen molar-refractivity contribution in [2.45, 2.75) is 44.9 Å². The van der Waals surface area contributed by atoms with E-state index in [-0.39, 0.29) is 10.3 Å².